The van der Waals surface area contributed by atoms with Crippen molar-refractivity contribution in [2.45, 2.75) is 45.7 Å². The van der Waals surface area contributed by atoms with Gasteiger partial charge < -0.3 is 5.32 Å². The molecule has 1 fully saturated rings. The third-order valence-electron chi connectivity index (χ3n) is 3.81. The lowest BCUT2D eigenvalue weighted by molar-refractivity contribution is 0.241. The molecule has 19 heavy (non-hydrogen) atoms. The minimum Gasteiger partial charge on any atom is -0.313 e. The van der Waals surface area contributed by atoms with Crippen molar-refractivity contribution in [2.75, 3.05) is 19.6 Å². The largest absolute Gasteiger partial charge is 0.313 e. The van der Waals surface area contributed by atoms with Crippen LogP contribution in [0.3, 0.4) is 0 Å². The number of nitrogens with one attached hydrogen (secondary N) is 1. The van der Waals surface area contributed by atoms with Crippen molar-refractivity contribution in [3.8, 4) is 0 Å². The van der Waals surface area contributed by atoms with E-state index in [1.807, 2.05) is 0 Å². The second-order valence-electron chi connectivity index (χ2n) is 5.61. The average Bonchev–Trinajstić information content (AvgIpc) is 2.87. The van der Waals surface area contributed by atoms with Gasteiger partial charge in [-0.3, -0.25) is 4.90 Å². The lowest BCUT2D eigenvalue weighted by Crippen LogP contribution is -2.37. The molecule has 0 spiro atoms. The van der Waals surface area contributed by atoms with Crippen molar-refractivity contribution in [3.63, 3.8) is 0 Å². The highest BCUT2D eigenvalue weighted by Gasteiger charge is 2.17. The van der Waals surface area contributed by atoms with Gasteiger partial charge in [0.05, 0.1) is 0 Å². The summed E-state index contributed by atoms with van der Waals surface area (Å²) < 4.78 is 1.20. The molecular formula is C16H25BrN2. The lowest BCUT2D eigenvalue weighted by atomic mass is 10.1. The van der Waals surface area contributed by atoms with E-state index < -0.39 is 0 Å². The Kier molecular flexibility index (Phi) is 5.86. The third-order valence-corrected chi connectivity index (χ3v) is 4.70. The molecular weight excluding hydrogens is 300 g/mol. The fraction of sp³-hybridized carbons (Fsp3) is 0.625. The van der Waals surface area contributed by atoms with Gasteiger partial charge in [-0.2, -0.15) is 0 Å². The fourth-order valence-corrected chi connectivity index (χ4v) is 3.09. The number of rotatable bonds is 6. The molecule has 1 N–H and O–H groups in total. The molecule has 1 unspecified atom stereocenters. The molecule has 0 amide bonds. The minimum atomic E-state index is 0.697. The number of aryl methyl sites for hydroxylation is 1. The maximum Gasteiger partial charge on any atom is 0.0234 e. The van der Waals surface area contributed by atoms with Gasteiger partial charge in [-0.1, -0.05) is 35.0 Å². The van der Waals surface area contributed by atoms with Gasteiger partial charge in [-0.05, 0) is 56.5 Å². The van der Waals surface area contributed by atoms with E-state index in [1.165, 1.54) is 54.5 Å². The second kappa shape index (κ2) is 7.41. The van der Waals surface area contributed by atoms with Crippen LogP contribution in [0.25, 0.3) is 0 Å². The average molecular weight is 325 g/mol. The summed E-state index contributed by atoms with van der Waals surface area (Å²) in [5.41, 5.74) is 2.75. The SMILES string of the molecule is CCCN(Cc1ccc(Br)c(C)c1)CC1CCCN1. The zero-order valence-electron chi connectivity index (χ0n) is 12.1. The van der Waals surface area contributed by atoms with Crippen molar-refractivity contribution in [1.29, 1.82) is 0 Å². The van der Waals surface area contributed by atoms with Crippen molar-refractivity contribution in [3.05, 3.63) is 33.8 Å². The molecule has 2 rings (SSSR count). The van der Waals surface area contributed by atoms with Crippen LogP contribution in [-0.2, 0) is 6.54 Å². The normalized spacial score (nSPS) is 19.3. The summed E-state index contributed by atoms with van der Waals surface area (Å²) >= 11 is 3.57. The first-order chi connectivity index (χ1) is 9.19. The highest BCUT2D eigenvalue weighted by molar-refractivity contribution is 9.10. The van der Waals surface area contributed by atoms with Crippen molar-refractivity contribution in [1.82, 2.24) is 10.2 Å². The maximum absolute atomic E-state index is 3.60. The molecule has 1 aromatic rings. The first-order valence-electron chi connectivity index (χ1n) is 7.40. The molecule has 1 aliphatic heterocycles. The first-order valence-corrected chi connectivity index (χ1v) is 8.19. The predicted molar refractivity (Wildman–Crippen MR) is 85.5 cm³/mol. The molecule has 0 radical (unpaired) electrons. The van der Waals surface area contributed by atoms with Crippen LogP contribution in [-0.4, -0.2) is 30.6 Å². The van der Waals surface area contributed by atoms with E-state index in [1.54, 1.807) is 0 Å². The number of hydrogen-bond acceptors (Lipinski definition) is 2. The van der Waals surface area contributed by atoms with E-state index in [9.17, 15) is 0 Å². The van der Waals surface area contributed by atoms with Crippen molar-refractivity contribution < 1.29 is 0 Å². The van der Waals surface area contributed by atoms with Gasteiger partial charge in [0.15, 0.2) is 0 Å². The van der Waals surface area contributed by atoms with E-state index in [-0.39, 0.29) is 0 Å². The van der Waals surface area contributed by atoms with Crippen LogP contribution in [0.4, 0.5) is 0 Å². The van der Waals surface area contributed by atoms with E-state index >= 15 is 0 Å². The third kappa shape index (κ3) is 4.59. The Morgan fingerprint density at radius 1 is 1.42 bits per heavy atom. The van der Waals surface area contributed by atoms with Crippen LogP contribution in [0.15, 0.2) is 22.7 Å². The molecule has 106 valence electrons. The molecule has 1 saturated heterocycles. The molecule has 0 saturated carbocycles. The molecule has 1 heterocycles. The Hall–Kier alpha value is -0.380. The summed E-state index contributed by atoms with van der Waals surface area (Å²) in [6, 6.07) is 7.40. The summed E-state index contributed by atoms with van der Waals surface area (Å²) in [5.74, 6) is 0. The zero-order valence-corrected chi connectivity index (χ0v) is 13.7. The standard InChI is InChI=1S/C16H25BrN2/c1-3-9-19(12-15-5-4-8-18-15)11-14-6-7-16(17)13(2)10-14/h6-7,10,15,18H,3-5,8-9,11-12H2,1-2H3. The summed E-state index contributed by atoms with van der Waals surface area (Å²) in [4.78, 5) is 2.59. The number of nitrogens with zero attached hydrogens (tertiary/aromatic N) is 1. The highest BCUT2D eigenvalue weighted by atomic mass is 79.9. The molecule has 3 heteroatoms. The van der Waals surface area contributed by atoms with Crippen LogP contribution in [0.5, 0.6) is 0 Å². The van der Waals surface area contributed by atoms with Gasteiger partial charge in [-0.25, -0.2) is 0 Å². The van der Waals surface area contributed by atoms with Crippen LogP contribution in [0.1, 0.15) is 37.3 Å². The van der Waals surface area contributed by atoms with Crippen molar-refractivity contribution in [2.24, 2.45) is 0 Å². The molecule has 1 atom stereocenters. The summed E-state index contributed by atoms with van der Waals surface area (Å²) in [6.07, 6.45) is 3.89. The molecule has 1 aliphatic rings. The fourth-order valence-electron chi connectivity index (χ4n) is 2.84. The molecule has 0 aromatic heterocycles. The second-order valence-corrected chi connectivity index (χ2v) is 6.47. The van der Waals surface area contributed by atoms with Crippen molar-refractivity contribution >= 4 is 15.9 Å². The molecule has 0 bridgehead atoms. The number of hydrogen-bond donors (Lipinski definition) is 1. The summed E-state index contributed by atoms with van der Waals surface area (Å²) in [5, 5.41) is 3.60. The smallest absolute Gasteiger partial charge is 0.0234 e. The van der Waals surface area contributed by atoms with Crippen LogP contribution in [0, 0.1) is 6.92 Å². The Morgan fingerprint density at radius 2 is 2.26 bits per heavy atom. The van der Waals surface area contributed by atoms with E-state index in [2.05, 4.69) is 58.2 Å². The minimum absolute atomic E-state index is 0.697. The first kappa shape index (κ1) is 15.0. The Labute approximate surface area is 125 Å². The lowest BCUT2D eigenvalue weighted by Gasteiger charge is -2.25. The predicted octanol–water partition coefficient (Wildman–Crippen LogP) is 3.72. The topological polar surface area (TPSA) is 15.3 Å². The van der Waals surface area contributed by atoms with Gasteiger partial charge in [0, 0.05) is 23.6 Å². The van der Waals surface area contributed by atoms with Crippen LogP contribution >= 0.6 is 15.9 Å². The number of halogens is 1. The van der Waals surface area contributed by atoms with E-state index in [4.69, 9.17) is 0 Å². The number of benzene rings is 1. The Bertz CT molecular complexity index is 400. The van der Waals surface area contributed by atoms with E-state index in [0.717, 1.165) is 6.54 Å². The molecule has 0 aliphatic carbocycles. The Balaban J connectivity index is 1.96. The van der Waals surface area contributed by atoms with E-state index in [0.29, 0.717) is 6.04 Å². The van der Waals surface area contributed by atoms with Gasteiger partial charge in [-0.15, -0.1) is 0 Å². The Morgan fingerprint density at radius 3 is 2.89 bits per heavy atom. The van der Waals surface area contributed by atoms with Gasteiger partial charge >= 0.3 is 0 Å². The zero-order chi connectivity index (χ0) is 13.7. The van der Waals surface area contributed by atoms with Crippen LogP contribution < -0.4 is 5.32 Å². The quantitative estimate of drug-likeness (QED) is 0.857. The molecule has 1 aromatic carbocycles. The summed E-state index contributed by atoms with van der Waals surface area (Å²) in [6.45, 7) is 9.07. The maximum atomic E-state index is 3.60. The van der Waals surface area contributed by atoms with Gasteiger partial charge in [0.1, 0.15) is 0 Å². The molecule has 2 nitrogen and oxygen atoms in total. The summed E-state index contributed by atoms with van der Waals surface area (Å²) in [7, 11) is 0. The highest BCUT2D eigenvalue weighted by Crippen LogP contribution is 2.18. The van der Waals surface area contributed by atoms with Gasteiger partial charge in [0.2, 0.25) is 0 Å². The van der Waals surface area contributed by atoms with Gasteiger partial charge in [0.25, 0.3) is 0 Å². The van der Waals surface area contributed by atoms with Crippen LogP contribution in [0.2, 0.25) is 0 Å². The monoisotopic (exact) mass is 324 g/mol.